The van der Waals surface area contributed by atoms with Gasteiger partial charge >= 0.3 is 11.9 Å². The zero-order valence-electron chi connectivity index (χ0n) is 19.5. The third-order valence-electron chi connectivity index (χ3n) is 6.13. The van der Waals surface area contributed by atoms with Crippen LogP contribution in [0.5, 0.6) is 0 Å². The molecule has 1 saturated heterocycles. The van der Waals surface area contributed by atoms with Crippen molar-refractivity contribution in [2.45, 2.75) is 18.3 Å². The van der Waals surface area contributed by atoms with Gasteiger partial charge in [0.05, 0.1) is 43.3 Å². The number of nitrogens with two attached hydrogens (primary N) is 1. The summed E-state index contributed by atoms with van der Waals surface area (Å²) >= 11 is 0. The number of amides is 2. The summed E-state index contributed by atoms with van der Waals surface area (Å²) in [7, 11) is 2.34. The van der Waals surface area contributed by atoms with Crippen LogP contribution in [-0.2, 0) is 28.7 Å². The highest BCUT2D eigenvalue weighted by Gasteiger charge is 2.43. The van der Waals surface area contributed by atoms with Crippen molar-refractivity contribution in [1.82, 2.24) is 5.32 Å². The number of nitrogens with one attached hydrogen (secondary N) is 1. The number of esters is 2. The van der Waals surface area contributed by atoms with Crippen molar-refractivity contribution < 1.29 is 28.7 Å². The van der Waals surface area contributed by atoms with Crippen molar-refractivity contribution in [2.75, 3.05) is 19.1 Å². The number of carbonyl (C=O) groups is 4. The van der Waals surface area contributed by atoms with Gasteiger partial charge in [-0.1, -0.05) is 42.5 Å². The third kappa shape index (κ3) is 4.07. The van der Waals surface area contributed by atoms with Gasteiger partial charge in [0.2, 0.25) is 11.8 Å². The van der Waals surface area contributed by atoms with Gasteiger partial charge in [-0.25, -0.2) is 9.59 Å². The molecule has 0 saturated carbocycles. The molecule has 2 aliphatic heterocycles. The first-order valence-electron chi connectivity index (χ1n) is 10.9. The summed E-state index contributed by atoms with van der Waals surface area (Å²) in [6.07, 6.45) is 0.0288. The van der Waals surface area contributed by atoms with Crippen LogP contribution in [0, 0.1) is 11.3 Å². The summed E-state index contributed by atoms with van der Waals surface area (Å²) in [5.74, 6) is -4.12. The number of rotatable bonds is 5. The van der Waals surface area contributed by atoms with Gasteiger partial charge in [0.25, 0.3) is 0 Å². The molecule has 0 spiro atoms. The molecule has 0 aromatic heterocycles. The highest BCUT2D eigenvalue weighted by molar-refractivity contribution is 6.07. The molecule has 0 aliphatic carbocycles. The van der Waals surface area contributed by atoms with Crippen LogP contribution in [0.25, 0.3) is 0 Å². The Kier molecular flexibility index (Phi) is 6.56. The predicted molar refractivity (Wildman–Crippen MR) is 126 cm³/mol. The highest BCUT2D eigenvalue weighted by Crippen LogP contribution is 2.43. The van der Waals surface area contributed by atoms with Crippen molar-refractivity contribution in [3.05, 3.63) is 88.4 Å². The molecule has 2 atom stereocenters. The molecule has 2 amide bonds. The van der Waals surface area contributed by atoms with Gasteiger partial charge in [-0.05, 0) is 23.3 Å². The zero-order valence-corrected chi connectivity index (χ0v) is 19.5. The van der Waals surface area contributed by atoms with Crippen LogP contribution in [0.4, 0.5) is 5.69 Å². The van der Waals surface area contributed by atoms with E-state index in [9.17, 15) is 24.4 Å². The maximum atomic E-state index is 13.1. The van der Waals surface area contributed by atoms with Gasteiger partial charge in [0.15, 0.2) is 0 Å². The largest absolute Gasteiger partial charge is 0.466 e. The maximum Gasteiger partial charge on any atom is 0.355 e. The van der Waals surface area contributed by atoms with Crippen LogP contribution in [0.2, 0.25) is 0 Å². The molecule has 2 aliphatic rings. The summed E-state index contributed by atoms with van der Waals surface area (Å²) in [5, 5.41) is 12.3. The molecule has 3 N–H and O–H groups in total. The second kappa shape index (κ2) is 9.76. The van der Waals surface area contributed by atoms with Gasteiger partial charge in [-0.3, -0.25) is 19.8 Å². The maximum absolute atomic E-state index is 13.1. The van der Waals surface area contributed by atoms with E-state index in [1.807, 2.05) is 0 Å². The van der Waals surface area contributed by atoms with E-state index < -0.39 is 29.7 Å². The number of ether oxygens (including phenoxy) is 2. The topological polar surface area (TPSA) is 152 Å². The molecule has 2 aromatic carbocycles. The smallest absolute Gasteiger partial charge is 0.355 e. The minimum Gasteiger partial charge on any atom is -0.466 e. The third-order valence-corrected chi connectivity index (χ3v) is 6.13. The Morgan fingerprint density at radius 2 is 1.64 bits per heavy atom. The van der Waals surface area contributed by atoms with Crippen LogP contribution in [0.1, 0.15) is 29.4 Å². The number of hydrogen-bond acceptors (Lipinski definition) is 9. The Labute approximate surface area is 206 Å². The quantitative estimate of drug-likeness (QED) is 0.475. The normalized spacial score (nSPS) is 19.6. The van der Waals surface area contributed by atoms with Crippen LogP contribution >= 0.6 is 0 Å². The summed E-state index contributed by atoms with van der Waals surface area (Å²) in [4.78, 5) is 51.1. The molecular formula is C26H22N4O6. The minimum atomic E-state index is -0.971. The molecular weight excluding hydrogens is 464 g/mol. The number of allylic oxidation sites excluding steroid dienone is 1. The predicted octanol–water partition coefficient (Wildman–Crippen LogP) is 1.71. The lowest BCUT2D eigenvalue weighted by molar-refractivity contribution is -0.139. The van der Waals surface area contributed by atoms with Crippen molar-refractivity contribution in [2.24, 2.45) is 5.73 Å². The van der Waals surface area contributed by atoms with E-state index in [0.717, 1.165) is 0 Å². The standard InChI is InChI=1S/C26H22N4O6/c1-35-25(33)21-20(15-6-4-3-5-7-15)18(13-27)23(28)30(22(21)26(34)36-2)16-10-8-14(9-11-16)17-12-19(31)29-24(17)32/h3-11,17,20H,12,28H2,1-2H3,(H,29,31,32). The number of anilines is 1. The minimum absolute atomic E-state index is 0.0288. The van der Waals surface area contributed by atoms with E-state index in [0.29, 0.717) is 16.8 Å². The Bertz CT molecular complexity index is 1360. The van der Waals surface area contributed by atoms with Gasteiger partial charge in [-0.15, -0.1) is 0 Å². The fourth-order valence-electron chi connectivity index (χ4n) is 4.46. The molecule has 4 rings (SSSR count). The first-order chi connectivity index (χ1) is 17.3. The molecule has 2 aromatic rings. The monoisotopic (exact) mass is 486 g/mol. The molecule has 10 nitrogen and oxygen atoms in total. The zero-order chi connectivity index (χ0) is 26.0. The number of methoxy groups -OCH3 is 2. The van der Waals surface area contributed by atoms with Crippen LogP contribution in [0.3, 0.4) is 0 Å². The molecule has 0 bridgehead atoms. The Morgan fingerprint density at radius 1 is 1.00 bits per heavy atom. The fourth-order valence-corrected chi connectivity index (χ4v) is 4.46. The molecule has 0 radical (unpaired) electrons. The lowest BCUT2D eigenvalue weighted by atomic mass is 9.81. The fraction of sp³-hybridized carbons (Fsp3) is 0.192. The number of benzene rings is 2. The Hall–Kier alpha value is -4.91. The number of imide groups is 1. The van der Waals surface area contributed by atoms with Crippen molar-refractivity contribution >= 4 is 29.4 Å². The molecule has 2 unspecified atom stereocenters. The molecule has 182 valence electrons. The average molecular weight is 486 g/mol. The number of nitrogens with zero attached hydrogens (tertiary/aromatic N) is 2. The first-order valence-corrected chi connectivity index (χ1v) is 10.9. The average Bonchev–Trinajstić information content (AvgIpc) is 3.25. The van der Waals surface area contributed by atoms with E-state index in [1.54, 1.807) is 54.6 Å². The number of hydrogen-bond donors (Lipinski definition) is 2. The summed E-state index contributed by atoms with van der Waals surface area (Å²) in [6, 6.07) is 17.2. The lowest BCUT2D eigenvalue weighted by Crippen LogP contribution is -2.40. The Morgan fingerprint density at radius 3 is 2.17 bits per heavy atom. The summed E-state index contributed by atoms with van der Waals surface area (Å²) < 4.78 is 10.0. The Balaban J connectivity index is 1.91. The van der Waals surface area contributed by atoms with Crippen molar-refractivity contribution in [3.63, 3.8) is 0 Å². The second-order valence-electron chi connectivity index (χ2n) is 8.10. The van der Waals surface area contributed by atoms with Crippen LogP contribution in [0.15, 0.2) is 77.3 Å². The molecule has 10 heteroatoms. The van der Waals surface area contributed by atoms with Gasteiger partial charge in [0.1, 0.15) is 11.5 Å². The second-order valence-corrected chi connectivity index (χ2v) is 8.10. The molecule has 1 fully saturated rings. The first kappa shape index (κ1) is 24.2. The number of carbonyl (C=O) groups excluding carboxylic acids is 4. The van der Waals surface area contributed by atoms with Gasteiger partial charge in [0, 0.05) is 12.1 Å². The summed E-state index contributed by atoms with van der Waals surface area (Å²) in [5.41, 5.74) is 7.68. The molecule has 36 heavy (non-hydrogen) atoms. The van der Waals surface area contributed by atoms with E-state index >= 15 is 0 Å². The van der Waals surface area contributed by atoms with E-state index in [4.69, 9.17) is 15.2 Å². The van der Waals surface area contributed by atoms with Crippen molar-refractivity contribution in [1.29, 1.82) is 5.26 Å². The van der Waals surface area contributed by atoms with E-state index in [1.165, 1.54) is 19.1 Å². The lowest BCUT2D eigenvalue weighted by Gasteiger charge is -2.36. The number of nitriles is 1. The molecule has 2 heterocycles. The van der Waals surface area contributed by atoms with E-state index in [-0.39, 0.29) is 35.0 Å². The highest BCUT2D eigenvalue weighted by atomic mass is 16.5. The van der Waals surface area contributed by atoms with E-state index in [2.05, 4.69) is 11.4 Å². The van der Waals surface area contributed by atoms with Gasteiger partial charge in [-0.2, -0.15) is 5.26 Å². The van der Waals surface area contributed by atoms with Gasteiger partial charge < -0.3 is 15.2 Å². The van der Waals surface area contributed by atoms with Crippen LogP contribution < -0.4 is 16.0 Å². The van der Waals surface area contributed by atoms with Crippen molar-refractivity contribution in [3.8, 4) is 6.07 Å². The summed E-state index contributed by atoms with van der Waals surface area (Å²) in [6.45, 7) is 0. The van der Waals surface area contributed by atoms with Crippen LogP contribution in [-0.4, -0.2) is 38.0 Å². The SMILES string of the molecule is COC(=O)C1=C(C(=O)OC)N(c2ccc(C3CC(=O)NC3=O)cc2)C(N)=C(C#N)C1c1ccccc1.